The number of aromatic nitrogens is 1. The average molecular weight is 386 g/mol. The first-order valence-corrected chi connectivity index (χ1v) is 9.22. The predicted molar refractivity (Wildman–Crippen MR) is 105 cm³/mol. The molecule has 0 aliphatic carbocycles. The van der Waals surface area contributed by atoms with Crippen molar-refractivity contribution in [3.05, 3.63) is 76.3 Å². The summed E-state index contributed by atoms with van der Waals surface area (Å²) in [7, 11) is 0. The van der Waals surface area contributed by atoms with Crippen molar-refractivity contribution in [2.75, 3.05) is 10.6 Å². The van der Waals surface area contributed by atoms with E-state index in [-0.39, 0.29) is 17.5 Å². The Hall–Kier alpha value is -2.70. The van der Waals surface area contributed by atoms with Crippen LogP contribution in [0.1, 0.15) is 22.5 Å². The summed E-state index contributed by atoms with van der Waals surface area (Å²) < 4.78 is 0. The first kappa shape index (κ1) is 18.1. The van der Waals surface area contributed by atoms with Gasteiger partial charge >= 0.3 is 0 Å². The van der Waals surface area contributed by atoms with Gasteiger partial charge in [-0.2, -0.15) is 0 Å². The molecule has 1 aromatic heterocycles. The largest absolute Gasteiger partial charge is 0.321 e. The number of nitrogens with one attached hydrogen (secondary N) is 2. The molecule has 0 radical (unpaired) electrons. The van der Waals surface area contributed by atoms with Crippen molar-refractivity contribution < 1.29 is 9.59 Å². The van der Waals surface area contributed by atoms with Crippen LogP contribution in [0.5, 0.6) is 0 Å². The van der Waals surface area contributed by atoms with E-state index in [2.05, 4.69) is 15.6 Å². The summed E-state index contributed by atoms with van der Waals surface area (Å²) in [6, 6.07) is 16.7. The summed E-state index contributed by atoms with van der Waals surface area (Å²) in [6.07, 6.45) is 1.01. The highest BCUT2D eigenvalue weighted by atomic mass is 35.5. The zero-order valence-corrected chi connectivity index (χ0v) is 15.3. The van der Waals surface area contributed by atoms with Gasteiger partial charge in [0.05, 0.1) is 0 Å². The van der Waals surface area contributed by atoms with Crippen LogP contribution in [0.4, 0.5) is 10.8 Å². The van der Waals surface area contributed by atoms with E-state index in [1.807, 2.05) is 30.3 Å². The number of benzene rings is 2. The molecule has 0 fully saturated rings. The van der Waals surface area contributed by atoms with Gasteiger partial charge < -0.3 is 10.6 Å². The van der Waals surface area contributed by atoms with Gasteiger partial charge in [0.15, 0.2) is 5.13 Å². The summed E-state index contributed by atoms with van der Waals surface area (Å²) in [6.45, 7) is 0. The zero-order chi connectivity index (χ0) is 18.4. The minimum atomic E-state index is -0.353. The number of hydrogen-bond donors (Lipinski definition) is 2. The van der Waals surface area contributed by atoms with E-state index in [1.54, 1.807) is 29.6 Å². The van der Waals surface area contributed by atoms with Gasteiger partial charge in [0.25, 0.3) is 5.91 Å². The van der Waals surface area contributed by atoms with Gasteiger partial charge in [-0.1, -0.05) is 48.0 Å². The molecule has 5 nitrogen and oxygen atoms in total. The smallest absolute Gasteiger partial charge is 0.275 e. The molecule has 7 heteroatoms. The molecule has 0 aliphatic heterocycles. The number of nitrogens with zero attached hydrogens (tertiary/aromatic N) is 1. The predicted octanol–water partition coefficient (Wildman–Crippen LogP) is 4.62. The molecule has 0 atom stereocenters. The quantitative estimate of drug-likeness (QED) is 0.650. The lowest BCUT2D eigenvalue weighted by Crippen LogP contribution is -2.14. The fraction of sp³-hybridized carbons (Fsp3) is 0.105. The highest BCUT2D eigenvalue weighted by molar-refractivity contribution is 7.14. The van der Waals surface area contributed by atoms with E-state index in [4.69, 9.17) is 11.6 Å². The molecule has 3 aromatic rings. The molecular formula is C19H16ClN3O2S. The van der Waals surface area contributed by atoms with Gasteiger partial charge in [0.1, 0.15) is 5.69 Å². The van der Waals surface area contributed by atoms with Gasteiger partial charge in [-0.3, -0.25) is 9.59 Å². The van der Waals surface area contributed by atoms with Crippen molar-refractivity contribution in [3.8, 4) is 0 Å². The van der Waals surface area contributed by atoms with Crippen molar-refractivity contribution in [3.63, 3.8) is 0 Å². The fourth-order valence-corrected chi connectivity index (χ4v) is 3.18. The first-order chi connectivity index (χ1) is 12.6. The highest BCUT2D eigenvalue weighted by Gasteiger charge is 2.13. The van der Waals surface area contributed by atoms with Gasteiger partial charge in [-0.15, -0.1) is 11.3 Å². The molecule has 0 saturated heterocycles. The Labute approximate surface area is 160 Å². The van der Waals surface area contributed by atoms with Gasteiger partial charge in [-0.05, 0) is 30.2 Å². The molecule has 2 aromatic carbocycles. The van der Waals surface area contributed by atoms with Crippen molar-refractivity contribution >= 4 is 45.6 Å². The number of rotatable bonds is 6. The third-order valence-electron chi connectivity index (χ3n) is 3.55. The molecule has 132 valence electrons. The first-order valence-electron chi connectivity index (χ1n) is 7.96. The topological polar surface area (TPSA) is 71.1 Å². The van der Waals surface area contributed by atoms with Crippen LogP contribution >= 0.6 is 22.9 Å². The van der Waals surface area contributed by atoms with E-state index >= 15 is 0 Å². The third-order valence-corrected chi connectivity index (χ3v) is 4.54. The van der Waals surface area contributed by atoms with Crippen LogP contribution in [-0.4, -0.2) is 16.8 Å². The molecule has 0 spiro atoms. The highest BCUT2D eigenvalue weighted by Crippen LogP contribution is 2.19. The second kappa shape index (κ2) is 8.60. The average Bonchev–Trinajstić information content (AvgIpc) is 3.09. The van der Waals surface area contributed by atoms with Crippen LogP contribution in [0.25, 0.3) is 0 Å². The van der Waals surface area contributed by atoms with Crippen LogP contribution in [-0.2, 0) is 11.2 Å². The molecule has 2 N–H and O–H groups in total. The Balaban J connectivity index is 1.53. The number of anilines is 2. The van der Waals surface area contributed by atoms with Crippen molar-refractivity contribution in [2.45, 2.75) is 12.8 Å². The van der Waals surface area contributed by atoms with Crippen LogP contribution < -0.4 is 10.6 Å². The Kier molecular flexibility index (Phi) is 5.99. The fourth-order valence-electron chi connectivity index (χ4n) is 2.28. The SMILES string of the molecule is O=C(CCc1ccccc1)Nc1nc(C(=O)Nc2cccc(Cl)c2)cs1. The monoisotopic (exact) mass is 385 g/mol. The van der Waals surface area contributed by atoms with E-state index in [0.717, 1.165) is 5.56 Å². The standard InChI is InChI=1S/C19H16ClN3O2S/c20-14-7-4-8-15(11-14)21-18(25)16-12-26-19(22-16)23-17(24)10-9-13-5-2-1-3-6-13/h1-8,11-12H,9-10H2,(H,21,25)(H,22,23,24). The number of thiazole rings is 1. The van der Waals surface area contributed by atoms with Crippen LogP contribution in [0, 0.1) is 0 Å². The Bertz CT molecular complexity index is 912. The lowest BCUT2D eigenvalue weighted by Gasteiger charge is -2.03. The number of carbonyl (C=O) groups is 2. The number of aryl methyl sites for hydroxylation is 1. The number of halogens is 1. The molecule has 0 bridgehead atoms. The van der Waals surface area contributed by atoms with Crippen LogP contribution in [0.3, 0.4) is 0 Å². The Morgan fingerprint density at radius 2 is 1.85 bits per heavy atom. The number of carbonyl (C=O) groups excluding carboxylic acids is 2. The maximum Gasteiger partial charge on any atom is 0.275 e. The van der Waals surface area contributed by atoms with Gasteiger partial charge in [-0.25, -0.2) is 4.98 Å². The second-order valence-electron chi connectivity index (χ2n) is 5.54. The second-order valence-corrected chi connectivity index (χ2v) is 6.83. The van der Waals surface area contributed by atoms with Crippen molar-refractivity contribution in [2.24, 2.45) is 0 Å². The maximum atomic E-state index is 12.2. The van der Waals surface area contributed by atoms with E-state index in [9.17, 15) is 9.59 Å². The van der Waals surface area contributed by atoms with E-state index < -0.39 is 0 Å². The lowest BCUT2D eigenvalue weighted by molar-refractivity contribution is -0.116. The maximum absolute atomic E-state index is 12.2. The van der Waals surface area contributed by atoms with Gasteiger partial charge in [0, 0.05) is 22.5 Å². The molecule has 3 rings (SSSR count). The van der Waals surface area contributed by atoms with Crippen LogP contribution in [0.2, 0.25) is 5.02 Å². The summed E-state index contributed by atoms with van der Waals surface area (Å²) >= 11 is 7.11. The molecule has 0 unspecified atom stereocenters. The third kappa shape index (κ3) is 5.15. The normalized spacial score (nSPS) is 10.3. The van der Waals surface area contributed by atoms with E-state index in [1.165, 1.54) is 11.3 Å². The zero-order valence-electron chi connectivity index (χ0n) is 13.7. The van der Waals surface area contributed by atoms with Crippen LogP contribution in [0.15, 0.2) is 60.0 Å². The minimum absolute atomic E-state index is 0.134. The summed E-state index contributed by atoms with van der Waals surface area (Å²) in [4.78, 5) is 28.4. The summed E-state index contributed by atoms with van der Waals surface area (Å²) in [5, 5.41) is 7.99. The molecule has 2 amide bonds. The van der Waals surface area contributed by atoms with Gasteiger partial charge in [0.2, 0.25) is 5.91 Å². The molecule has 1 heterocycles. The molecular weight excluding hydrogens is 370 g/mol. The number of hydrogen-bond acceptors (Lipinski definition) is 4. The molecule has 0 saturated carbocycles. The van der Waals surface area contributed by atoms with Crippen molar-refractivity contribution in [1.29, 1.82) is 0 Å². The summed E-state index contributed by atoms with van der Waals surface area (Å²) in [5.41, 5.74) is 1.93. The molecule has 26 heavy (non-hydrogen) atoms. The van der Waals surface area contributed by atoms with Crippen molar-refractivity contribution in [1.82, 2.24) is 4.98 Å². The summed E-state index contributed by atoms with van der Waals surface area (Å²) in [5.74, 6) is -0.488. The minimum Gasteiger partial charge on any atom is -0.321 e. The Morgan fingerprint density at radius 1 is 1.04 bits per heavy atom. The Morgan fingerprint density at radius 3 is 2.62 bits per heavy atom. The molecule has 0 aliphatic rings. The van der Waals surface area contributed by atoms with E-state index in [0.29, 0.717) is 28.7 Å². The number of amides is 2. The lowest BCUT2D eigenvalue weighted by atomic mass is 10.1.